The molecule has 1 aliphatic carbocycles. The Kier molecular flexibility index (Phi) is 3.32. The Balaban J connectivity index is 2.24. The highest BCUT2D eigenvalue weighted by molar-refractivity contribution is 5.40. The quantitative estimate of drug-likeness (QED) is 0.748. The van der Waals surface area contributed by atoms with Gasteiger partial charge in [-0.15, -0.1) is 6.58 Å². The fourth-order valence-electron chi connectivity index (χ4n) is 2.04. The highest BCUT2D eigenvalue weighted by Gasteiger charge is 2.30. The Labute approximate surface area is 97.4 Å². The fraction of sp³-hybridized carbons (Fsp3) is 0.615. The van der Waals surface area contributed by atoms with Gasteiger partial charge >= 0.3 is 0 Å². The Hall–Kier alpha value is -1.25. The van der Waals surface area contributed by atoms with E-state index in [4.69, 9.17) is 10.7 Å². The van der Waals surface area contributed by atoms with Crippen molar-refractivity contribution in [2.45, 2.75) is 51.5 Å². The number of aryl methyl sites for hydroxylation is 1. The smallest absolute Gasteiger partial charge is 0.127 e. The van der Waals surface area contributed by atoms with Gasteiger partial charge in [-0.1, -0.05) is 19.4 Å². The summed E-state index contributed by atoms with van der Waals surface area (Å²) in [6, 6.07) is 0. The number of hydrogen-bond donors (Lipinski definition) is 1. The molecule has 0 unspecified atom stereocenters. The molecule has 3 nitrogen and oxygen atoms in total. The van der Waals surface area contributed by atoms with Crippen molar-refractivity contribution in [3.63, 3.8) is 0 Å². The molecule has 0 radical (unpaired) electrons. The lowest BCUT2D eigenvalue weighted by molar-refractivity contribution is 0.749. The van der Waals surface area contributed by atoms with Gasteiger partial charge < -0.3 is 10.3 Å². The topological polar surface area (TPSA) is 43.8 Å². The summed E-state index contributed by atoms with van der Waals surface area (Å²) in [7, 11) is 0. The van der Waals surface area contributed by atoms with Crippen LogP contribution in [0.25, 0.3) is 0 Å². The third-order valence-corrected chi connectivity index (χ3v) is 3.13. The second-order valence-electron chi connectivity index (χ2n) is 4.58. The molecule has 1 fully saturated rings. The molecule has 1 aliphatic rings. The van der Waals surface area contributed by atoms with E-state index in [0.717, 1.165) is 24.5 Å². The third kappa shape index (κ3) is 2.13. The number of nitrogens with zero attached hydrogens (tertiary/aromatic N) is 2. The summed E-state index contributed by atoms with van der Waals surface area (Å²) < 4.78 is 2.13. The van der Waals surface area contributed by atoms with Crippen molar-refractivity contribution >= 4 is 5.82 Å². The van der Waals surface area contributed by atoms with E-state index in [1.54, 1.807) is 0 Å². The number of hydrogen-bond acceptors (Lipinski definition) is 2. The number of aromatic nitrogens is 2. The number of anilines is 1. The van der Waals surface area contributed by atoms with Crippen LogP contribution in [0.5, 0.6) is 0 Å². The molecule has 0 aromatic carbocycles. The van der Waals surface area contributed by atoms with E-state index in [2.05, 4.69) is 18.1 Å². The van der Waals surface area contributed by atoms with Gasteiger partial charge in [0.05, 0.1) is 5.69 Å². The molecule has 2 N–H and O–H groups in total. The number of rotatable bonds is 6. The Bertz CT molecular complexity index is 375. The molecule has 16 heavy (non-hydrogen) atoms. The van der Waals surface area contributed by atoms with Crippen LogP contribution in [0.3, 0.4) is 0 Å². The number of unbranched alkanes of at least 4 members (excludes halogenated alkanes) is 1. The molecule has 88 valence electrons. The first-order chi connectivity index (χ1) is 7.77. The van der Waals surface area contributed by atoms with Crippen molar-refractivity contribution in [1.82, 2.24) is 9.55 Å². The lowest BCUT2D eigenvalue weighted by Crippen LogP contribution is -2.05. The van der Waals surface area contributed by atoms with Crippen LogP contribution >= 0.6 is 0 Å². The maximum Gasteiger partial charge on any atom is 0.127 e. The molecular formula is C13H21N3. The zero-order chi connectivity index (χ0) is 11.5. The van der Waals surface area contributed by atoms with E-state index in [1.807, 2.05) is 6.08 Å². The molecule has 1 saturated carbocycles. The van der Waals surface area contributed by atoms with Crippen molar-refractivity contribution in [2.75, 3.05) is 5.73 Å². The first kappa shape index (κ1) is 11.2. The molecule has 2 rings (SSSR count). The lowest BCUT2D eigenvalue weighted by atomic mass is 10.2. The Morgan fingerprint density at radius 3 is 2.88 bits per heavy atom. The first-order valence-corrected chi connectivity index (χ1v) is 6.23. The number of imidazole rings is 1. The Morgan fingerprint density at radius 2 is 2.31 bits per heavy atom. The fourth-order valence-corrected chi connectivity index (χ4v) is 2.04. The highest BCUT2D eigenvalue weighted by Crippen LogP contribution is 2.40. The summed E-state index contributed by atoms with van der Waals surface area (Å²) in [6.45, 7) is 6.77. The zero-order valence-corrected chi connectivity index (χ0v) is 10.1. The normalized spacial score (nSPS) is 15.3. The van der Waals surface area contributed by atoms with E-state index in [-0.39, 0.29) is 0 Å². The van der Waals surface area contributed by atoms with Gasteiger partial charge in [0.15, 0.2) is 0 Å². The molecular weight excluding hydrogens is 198 g/mol. The zero-order valence-electron chi connectivity index (χ0n) is 10.1. The number of nitrogen functional groups attached to an aromatic ring is 1. The molecule has 0 aliphatic heterocycles. The van der Waals surface area contributed by atoms with Crippen LogP contribution in [-0.4, -0.2) is 9.55 Å². The summed E-state index contributed by atoms with van der Waals surface area (Å²) >= 11 is 0. The molecule has 1 aromatic heterocycles. The lowest BCUT2D eigenvalue weighted by Gasteiger charge is -2.05. The van der Waals surface area contributed by atoms with Crippen molar-refractivity contribution in [2.24, 2.45) is 0 Å². The molecule has 1 aromatic rings. The summed E-state index contributed by atoms with van der Waals surface area (Å²) in [4.78, 5) is 4.72. The Morgan fingerprint density at radius 1 is 1.56 bits per heavy atom. The van der Waals surface area contributed by atoms with Gasteiger partial charge in [0.1, 0.15) is 11.6 Å². The largest absolute Gasteiger partial charge is 0.384 e. The van der Waals surface area contributed by atoms with Crippen LogP contribution < -0.4 is 5.73 Å². The molecule has 0 atom stereocenters. The second-order valence-corrected chi connectivity index (χ2v) is 4.58. The summed E-state index contributed by atoms with van der Waals surface area (Å²) in [5.74, 6) is 2.69. The minimum absolute atomic E-state index is 0.651. The maximum absolute atomic E-state index is 6.15. The average Bonchev–Trinajstić information content (AvgIpc) is 3.06. The summed E-state index contributed by atoms with van der Waals surface area (Å²) in [6.07, 6.45) is 7.78. The van der Waals surface area contributed by atoms with E-state index >= 15 is 0 Å². The van der Waals surface area contributed by atoms with E-state index in [9.17, 15) is 0 Å². The number of allylic oxidation sites excluding steroid dienone is 1. The number of nitrogens with two attached hydrogens (primary N) is 1. The van der Waals surface area contributed by atoms with Gasteiger partial charge in [-0.05, 0) is 25.7 Å². The van der Waals surface area contributed by atoms with Gasteiger partial charge in [0.2, 0.25) is 0 Å². The van der Waals surface area contributed by atoms with Gasteiger partial charge in [0, 0.05) is 12.5 Å². The van der Waals surface area contributed by atoms with Crippen LogP contribution in [0.15, 0.2) is 12.7 Å². The van der Waals surface area contributed by atoms with E-state index < -0.39 is 0 Å². The SMILES string of the molecule is C=CCn1c(C2CC2)nc(CCCC)c1N. The summed E-state index contributed by atoms with van der Waals surface area (Å²) in [5, 5.41) is 0. The molecule has 1 heterocycles. The standard InChI is InChI=1S/C13H21N3/c1-3-5-6-11-12(14)16(9-4-2)13(15-11)10-7-8-10/h4,10H,2-3,5-9,14H2,1H3. The van der Waals surface area contributed by atoms with Crippen LogP contribution in [0.4, 0.5) is 5.82 Å². The molecule has 3 heteroatoms. The molecule has 0 saturated heterocycles. The minimum Gasteiger partial charge on any atom is -0.384 e. The van der Waals surface area contributed by atoms with Crippen molar-refractivity contribution in [1.29, 1.82) is 0 Å². The molecule has 0 spiro atoms. The van der Waals surface area contributed by atoms with E-state index in [1.165, 1.54) is 31.5 Å². The maximum atomic E-state index is 6.15. The van der Waals surface area contributed by atoms with Crippen LogP contribution in [0.1, 0.15) is 50.0 Å². The molecule has 0 amide bonds. The van der Waals surface area contributed by atoms with Crippen LogP contribution in [0.2, 0.25) is 0 Å². The predicted molar refractivity (Wildman–Crippen MR) is 67.4 cm³/mol. The van der Waals surface area contributed by atoms with Crippen LogP contribution in [0, 0.1) is 0 Å². The van der Waals surface area contributed by atoms with Gasteiger partial charge in [-0.3, -0.25) is 0 Å². The average molecular weight is 219 g/mol. The highest BCUT2D eigenvalue weighted by atomic mass is 15.1. The van der Waals surface area contributed by atoms with Gasteiger partial charge in [-0.25, -0.2) is 4.98 Å². The predicted octanol–water partition coefficient (Wildman–Crippen LogP) is 2.87. The minimum atomic E-state index is 0.651. The van der Waals surface area contributed by atoms with Gasteiger partial charge in [-0.2, -0.15) is 0 Å². The first-order valence-electron chi connectivity index (χ1n) is 6.23. The van der Waals surface area contributed by atoms with Crippen molar-refractivity contribution in [3.05, 3.63) is 24.2 Å². The third-order valence-electron chi connectivity index (χ3n) is 3.13. The van der Waals surface area contributed by atoms with Crippen LogP contribution in [-0.2, 0) is 13.0 Å². The monoisotopic (exact) mass is 219 g/mol. The van der Waals surface area contributed by atoms with Gasteiger partial charge in [0.25, 0.3) is 0 Å². The van der Waals surface area contributed by atoms with Crippen molar-refractivity contribution in [3.8, 4) is 0 Å². The van der Waals surface area contributed by atoms with E-state index in [0.29, 0.717) is 5.92 Å². The molecule has 0 bridgehead atoms. The second kappa shape index (κ2) is 4.73. The summed E-state index contributed by atoms with van der Waals surface area (Å²) in [5.41, 5.74) is 7.24. The van der Waals surface area contributed by atoms with Crippen molar-refractivity contribution < 1.29 is 0 Å².